The maximum Gasteiger partial charge on any atom is 0.163 e. The van der Waals surface area contributed by atoms with Gasteiger partial charge in [0.1, 0.15) is 6.10 Å². The molecular weight excluding hydrogens is 104 g/mol. The molecule has 0 N–H and O–H groups in total. The smallest absolute Gasteiger partial charge is 0.163 e. The topological polar surface area (TPSA) is 29.6 Å². The van der Waals surface area contributed by atoms with Crippen molar-refractivity contribution in [2.24, 2.45) is 0 Å². The minimum Gasteiger partial charge on any atom is -0.365 e. The lowest BCUT2D eigenvalue weighted by molar-refractivity contribution is -0.120. The number of carbonyl (C=O) groups is 1. The zero-order valence-corrected chi connectivity index (χ0v) is 5.02. The van der Waals surface area contributed by atoms with Gasteiger partial charge in [-0.15, -0.1) is 0 Å². The summed E-state index contributed by atoms with van der Waals surface area (Å²) in [6.45, 7) is 2.67. The molecule has 0 radical (unpaired) electrons. The Bertz CT molecular complexity index is 94.7. The molecule has 2 nitrogen and oxygen atoms in total. The molecule has 1 unspecified atom stereocenters. The third-order valence-corrected chi connectivity index (χ3v) is 1.19. The standard InChI is InChI=1S/C6H10O2/c1-2-3-5(7)6-4-8-6/h6H,2-4H2,1H3. The van der Waals surface area contributed by atoms with Crippen molar-refractivity contribution in [1.82, 2.24) is 0 Å². The SMILES string of the molecule is CCCC(=O)C1CO1. The summed E-state index contributed by atoms with van der Waals surface area (Å²) in [5, 5.41) is 0. The molecule has 8 heavy (non-hydrogen) atoms. The Morgan fingerprint density at radius 2 is 2.50 bits per heavy atom. The second-order valence-corrected chi connectivity index (χ2v) is 2.04. The molecule has 1 heterocycles. The van der Waals surface area contributed by atoms with Crippen molar-refractivity contribution in [3.8, 4) is 0 Å². The van der Waals surface area contributed by atoms with Crippen molar-refractivity contribution in [2.75, 3.05) is 6.61 Å². The summed E-state index contributed by atoms with van der Waals surface area (Å²) in [4.78, 5) is 10.7. The molecular formula is C6H10O2. The van der Waals surface area contributed by atoms with E-state index >= 15 is 0 Å². The number of carbonyl (C=O) groups excluding carboxylic acids is 1. The van der Waals surface area contributed by atoms with E-state index in [2.05, 4.69) is 0 Å². The second-order valence-electron chi connectivity index (χ2n) is 2.04. The molecule has 46 valence electrons. The number of ketones is 1. The van der Waals surface area contributed by atoms with Crippen molar-refractivity contribution < 1.29 is 9.53 Å². The van der Waals surface area contributed by atoms with Crippen LogP contribution in [0.4, 0.5) is 0 Å². The number of hydrogen-bond acceptors (Lipinski definition) is 2. The zero-order chi connectivity index (χ0) is 5.98. The third-order valence-electron chi connectivity index (χ3n) is 1.19. The van der Waals surface area contributed by atoms with Gasteiger partial charge in [-0.25, -0.2) is 0 Å². The molecule has 0 bridgehead atoms. The lowest BCUT2D eigenvalue weighted by atomic mass is 10.2. The summed E-state index contributed by atoms with van der Waals surface area (Å²) in [5.41, 5.74) is 0. The summed E-state index contributed by atoms with van der Waals surface area (Å²) >= 11 is 0. The minimum atomic E-state index is -0.0186. The van der Waals surface area contributed by atoms with Gasteiger partial charge in [0.25, 0.3) is 0 Å². The van der Waals surface area contributed by atoms with Gasteiger partial charge in [0, 0.05) is 6.42 Å². The maximum atomic E-state index is 10.7. The fraction of sp³-hybridized carbons (Fsp3) is 0.833. The van der Waals surface area contributed by atoms with E-state index in [-0.39, 0.29) is 11.9 Å². The number of epoxide rings is 1. The van der Waals surface area contributed by atoms with Gasteiger partial charge in [-0.05, 0) is 6.42 Å². The molecule has 0 spiro atoms. The molecule has 0 saturated carbocycles. The highest BCUT2D eigenvalue weighted by atomic mass is 16.6. The van der Waals surface area contributed by atoms with Crippen molar-refractivity contribution in [3.05, 3.63) is 0 Å². The number of ether oxygens (including phenoxy) is 1. The van der Waals surface area contributed by atoms with Crippen LogP contribution >= 0.6 is 0 Å². The Kier molecular flexibility index (Phi) is 1.63. The summed E-state index contributed by atoms with van der Waals surface area (Å²) in [6, 6.07) is 0. The quantitative estimate of drug-likeness (QED) is 0.507. The van der Waals surface area contributed by atoms with E-state index in [1.165, 1.54) is 0 Å². The fourth-order valence-electron chi connectivity index (χ4n) is 0.641. The van der Waals surface area contributed by atoms with Crippen molar-refractivity contribution >= 4 is 5.78 Å². The highest BCUT2D eigenvalue weighted by molar-refractivity contribution is 5.84. The van der Waals surface area contributed by atoms with E-state index in [0.717, 1.165) is 6.42 Å². The Labute approximate surface area is 48.8 Å². The second kappa shape index (κ2) is 2.27. The molecule has 1 rings (SSSR count). The molecule has 1 atom stereocenters. The van der Waals surface area contributed by atoms with Gasteiger partial charge < -0.3 is 4.74 Å². The first kappa shape index (κ1) is 5.76. The van der Waals surface area contributed by atoms with Crippen molar-refractivity contribution in [3.63, 3.8) is 0 Å². The third kappa shape index (κ3) is 1.30. The van der Waals surface area contributed by atoms with Crippen LogP contribution < -0.4 is 0 Å². The van der Waals surface area contributed by atoms with Crippen LogP contribution in [0.25, 0.3) is 0 Å². The van der Waals surface area contributed by atoms with Crippen LogP contribution in [-0.2, 0) is 9.53 Å². The predicted molar refractivity (Wildman–Crippen MR) is 29.7 cm³/mol. The van der Waals surface area contributed by atoms with E-state index in [1.807, 2.05) is 6.92 Å². The van der Waals surface area contributed by atoms with Crippen LogP contribution in [0.15, 0.2) is 0 Å². The fourth-order valence-corrected chi connectivity index (χ4v) is 0.641. The summed E-state index contributed by atoms with van der Waals surface area (Å²) in [5.74, 6) is 0.271. The van der Waals surface area contributed by atoms with E-state index in [4.69, 9.17) is 4.74 Å². The van der Waals surface area contributed by atoms with E-state index in [9.17, 15) is 4.79 Å². The molecule has 1 aliphatic heterocycles. The summed E-state index contributed by atoms with van der Waals surface area (Å²) < 4.78 is 4.77. The van der Waals surface area contributed by atoms with Crippen LogP contribution in [0.5, 0.6) is 0 Å². The summed E-state index contributed by atoms with van der Waals surface area (Å²) in [7, 11) is 0. The maximum absolute atomic E-state index is 10.7. The van der Waals surface area contributed by atoms with Crippen molar-refractivity contribution in [1.29, 1.82) is 0 Å². The Morgan fingerprint density at radius 1 is 1.88 bits per heavy atom. The minimum absolute atomic E-state index is 0.0186. The van der Waals surface area contributed by atoms with Crippen molar-refractivity contribution in [2.45, 2.75) is 25.9 Å². The van der Waals surface area contributed by atoms with Gasteiger partial charge in [-0.1, -0.05) is 6.92 Å². The number of hydrogen-bond donors (Lipinski definition) is 0. The molecule has 1 aliphatic rings. The average Bonchev–Trinajstić information content (AvgIpc) is 2.45. The van der Waals surface area contributed by atoms with Gasteiger partial charge in [0.2, 0.25) is 0 Å². The molecule has 0 aliphatic carbocycles. The highest BCUT2D eigenvalue weighted by Crippen LogP contribution is 2.12. The number of rotatable bonds is 3. The Balaban J connectivity index is 2.13. The molecule has 2 heteroatoms. The van der Waals surface area contributed by atoms with Crippen LogP contribution in [0, 0.1) is 0 Å². The first-order valence-electron chi connectivity index (χ1n) is 2.99. The molecule has 0 aromatic carbocycles. The molecule has 0 aromatic heterocycles. The van der Waals surface area contributed by atoms with Gasteiger partial charge in [0.15, 0.2) is 5.78 Å². The first-order chi connectivity index (χ1) is 3.84. The van der Waals surface area contributed by atoms with Gasteiger partial charge in [-0.3, -0.25) is 4.79 Å². The van der Waals surface area contributed by atoms with Gasteiger partial charge >= 0.3 is 0 Å². The van der Waals surface area contributed by atoms with Crippen LogP contribution in [0.2, 0.25) is 0 Å². The highest BCUT2D eigenvalue weighted by Gasteiger charge is 2.29. The monoisotopic (exact) mass is 114 g/mol. The zero-order valence-electron chi connectivity index (χ0n) is 5.02. The van der Waals surface area contributed by atoms with Gasteiger partial charge in [0.05, 0.1) is 6.61 Å². The lowest BCUT2D eigenvalue weighted by Gasteiger charge is -1.87. The van der Waals surface area contributed by atoms with Crippen LogP contribution in [0.3, 0.4) is 0 Å². The largest absolute Gasteiger partial charge is 0.365 e. The molecule has 1 saturated heterocycles. The average molecular weight is 114 g/mol. The molecule has 0 aromatic rings. The van der Waals surface area contributed by atoms with E-state index in [0.29, 0.717) is 13.0 Å². The molecule has 0 amide bonds. The van der Waals surface area contributed by atoms with Crippen LogP contribution in [-0.4, -0.2) is 18.5 Å². The lowest BCUT2D eigenvalue weighted by Crippen LogP contribution is -2.04. The Morgan fingerprint density at radius 3 is 2.88 bits per heavy atom. The number of Topliss-reactive ketones (excluding diaryl/α,β-unsaturated/α-hetero) is 1. The normalized spacial score (nSPS) is 25.4. The molecule has 1 fully saturated rings. The van der Waals surface area contributed by atoms with E-state index < -0.39 is 0 Å². The van der Waals surface area contributed by atoms with Gasteiger partial charge in [-0.2, -0.15) is 0 Å². The van der Waals surface area contributed by atoms with Crippen LogP contribution in [0.1, 0.15) is 19.8 Å². The Hall–Kier alpha value is -0.370. The predicted octanol–water partition coefficient (Wildman–Crippen LogP) is 0.754. The first-order valence-corrected chi connectivity index (χ1v) is 2.99. The van der Waals surface area contributed by atoms with E-state index in [1.54, 1.807) is 0 Å². The summed E-state index contributed by atoms with van der Waals surface area (Å²) in [6.07, 6.45) is 1.61.